The van der Waals surface area contributed by atoms with Crippen LogP contribution in [0.5, 0.6) is 0 Å². The fourth-order valence-electron chi connectivity index (χ4n) is 4.19. The van der Waals surface area contributed by atoms with Gasteiger partial charge >= 0.3 is 0 Å². The summed E-state index contributed by atoms with van der Waals surface area (Å²) in [6.45, 7) is 0. The van der Waals surface area contributed by atoms with Gasteiger partial charge in [-0.1, -0.05) is 34.1 Å². The number of halogens is 1. The zero-order valence-electron chi connectivity index (χ0n) is 14.1. The molecule has 1 N–H and O–H groups in total. The summed E-state index contributed by atoms with van der Waals surface area (Å²) in [7, 11) is 0. The molecule has 0 bridgehead atoms. The summed E-state index contributed by atoms with van der Waals surface area (Å²) in [5.41, 5.74) is 6.47. The number of hydrogen-bond acceptors (Lipinski definition) is 3. The van der Waals surface area contributed by atoms with Crippen LogP contribution < -0.4 is 5.32 Å². The van der Waals surface area contributed by atoms with E-state index in [1.807, 2.05) is 24.4 Å². The molecule has 0 saturated carbocycles. The molecule has 3 aromatic rings. The number of allylic oxidation sites excluding steroid dienone is 1. The molecule has 0 amide bonds. The Labute approximate surface area is 160 Å². The zero-order valence-corrected chi connectivity index (χ0v) is 15.7. The minimum absolute atomic E-state index is 0.0903. The second-order valence-corrected chi connectivity index (χ2v) is 7.77. The van der Waals surface area contributed by atoms with Gasteiger partial charge in [-0.25, -0.2) is 0 Å². The number of pyridine rings is 1. The number of aromatic nitrogens is 1. The topological polar surface area (TPSA) is 42.0 Å². The first-order valence-corrected chi connectivity index (χ1v) is 9.68. The first kappa shape index (κ1) is 15.8. The smallest absolute Gasteiger partial charge is 0.161 e. The van der Waals surface area contributed by atoms with Crippen molar-refractivity contribution in [3.05, 3.63) is 75.9 Å². The molecule has 0 spiro atoms. The number of ketones is 1. The summed E-state index contributed by atoms with van der Waals surface area (Å²) < 4.78 is 1.04. The first-order chi connectivity index (χ1) is 12.7. The van der Waals surface area contributed by atoms with Crippen LogP contribution in [-0.2, 0) is 4.79 Å². The molecule has 1 aliphatic carbocycles. The number of benzene rings is 2. The fourth-order valence-corrected chi connectivity index (χ4v) is 4.45. The van der Waals surface area contributed by atoms with E-state index in [9.17, 15) is 4.79 Å². The summed E-state index contributed by atoms with van der Waals surface area (Å²) in [5.74, 6) is 0.262. The van der Waals surface area contributed by atoms with Crippen LogP contribution in [0.15, 0.2) is 64.8 Å². The molecule has 2 heterocycles. The maximum Gasteiger partial charge on any atom is 0.161 e. The Kier molecular flexibility index (Phi) is 3.68. The van der Waals surface area contributed by atoms with E-state index in [4.69, 9.17) is 0 Å². The maximum atomic E-state index is 12.9. The number of carbonyl (C=O) groups is 1. The molecule has 1 aliphatic heterocycles. The van der Waals surface area contributed by atoms with E-state index in [2.05, 4.69) is 56.6 Å². The summed E-state index contributed by atoms with van der Waals surface area (Å²) in [6.07, 6.45) is 4.31. The summed E-state index contributed by atoms with van der Waals surface area (Å²) >= 11 is 3.50. The van der Waals surface area contributed by atoms with Gasteiger partial charge in [0.1, 0.15) is 0 Å². The van der Waals surface area contributed by atoms with Crippen molar-refractivity contribution < 1.29 is 4.79 Å². The van der Waals surface area contributed by atoms with Crippen LogP contribution in [0.3, 0.4) is 0 Å². The minimum Gasteiger partial charge on any atom is -0.373 e. The first-order valence-electron chi connectivity index (χ1n) is 8.89. The fraction of sp³-hybridized carbons (Fsp3) is 0.182. The van der Waals surface area contributed by atoms with Gasteiger partial charge in [-0.2, -0.15) is 0 Å². The third kappa shape index (κ3) is 2.40. The lowest BCUT2D eigenvalue weighted by Gasteiger charge is -2.35. The zero-order chi connectivity index (χ0) is 17.7. The molecule has 5 rings (SSSR count). The molecule has 1 atom stereocenters. The number of rotatable bonds is 1. The lowest BCUT2D eigenvalue weighted by atomic mass is 9.77. The number of anilines is 1. The van der Waals surface area contributed by atoms with Crippen molar-refractivity contribution in [1.29, 1.82) is 0 Å². The van der Waals surface area contributed by atoms with Gasteiger partial charge in [-0.15, -0.1) is 0 Å². The van der Waals surface area contributed by atoms with Gasteiger partial charge in [0.2, 0.25) is 0 Å². The van der Waals surface area contributed by atoms with Crippen LogP contribution in [0, 0.1) is 0 Å². The average Bonchev–Trinajstić information content (AvgIpc) is 2.68. The molecule has 1 aromatic heterocycles. The average molecular weight is 405 g/mol. The largest absolute Gasteiger partial charge is 0.373 e. The second kappa shape index (κ2) is 6.06. The van der Waals surface area contributed by atoms with Crippen LogP contribution in [0.2, 0.25) is 0 Å². The number of nitrogens with zero attached hydrogens (tertiary/aromatic N) is 1. The van der Waals surface area contributed by atoms with Gasteiger partial charge in [0.15, 0.2) is 5.78 Å². The van der Waals surface area contributed by atoms with Crippen LogP contribution in [-0.4, -0.2) is 10.8 Å². The van der Waals surface area contributed by atoms with Gasteiger partial charge in [0.25, 0.3) is 0 Å². The van der Waals surface area contributed by atoms with Crippen molar-refractivity contribution in [3.8, 4) is 0 Å². The lowest BCUT2D eigenvalue weighted by Crippen LogP contribution is -2.27. The molecule has 26 heavy (non-hydrogen) atoms. The van der Waals surface area contributed by atoms with Crippen molar-refractivity contribution >= 4 is 43.9 Å². The normalized spacial score (nSPS) is 19.1. The van der Waals surface area contributed by atoms with E-state index in [1.54, 1.807) is 0 Å². The van der Waals surface area contributed by atoms with E-state index in [0.29, 0.717) is 6.42 Å². The summed E-state index contributed by atoms with van der Waals surface area (Å²) in [6, 6.07) is 16.4. The lowest BCUT2D eigenvalue weighted by molar-refractivity contribution is -0.116. The number of carbonyl (C=O) groups excluding carboxylic acids is 1. The van der Waals surface area contributed by atoms with Gasteiger partial charge in [-0.05, 0) is 54.3 Å². The van der Waals surface area contributed by atoms with Gasteiger partial charge in [0, 0.05) is 39.3 Å². The molecule has 0 fully saturated rings. The molecular weight excluding hydrogens is 388 g/mol. The van der Waals surface area contributed by atoms with E-state index < -0.39 is 0 Å². The molecule has 128 valence electrons. The highest BCUT2D eigenvalue weighted by Crippen LogP contribution is 2.47. The standard InChI is InChI=1S/C22H17BrN2O/c23-14-8-6-13(7-9-14)22-21-16(3-1-5-19(21)26)20-15-4-2-12-24-17(15)10-11-18(20)25-22/h2,4,6-12,22,25H,1,3,5H2/t22-/m1/s1. The molecule has 4 heteroatoms. The van der Waals surface area contributed by atoms with E-state index >= 15 is 0 Å². The Morgan fingerprint density at radius 3 is 2.73 bits per heavy atom. The van der Waals surface area contributed by atoms with Crippen LogP contribution in [0.4, 0.5) is 5.69 Å². The second-order valence-electron chi connectivity index (χ2n) is 6.86. The predicted molar refractivity (Wildman–Crippen MR) is 108 cm³/mol. The summed E-state index contributed by atoms with van der Waals surface area (Å²) in [5, 5.41) is 4.75. The SMILES string of the molecule is O=C1CCCC2=C1[C@@H](c1ccc(Br)cc1)Nc1ccc3ncccc3c12. The molecule has 3 nitrogen and oxygen atoms in total. The maximum absolute atomic E-state index is 12.9. The predicted octanol–water partition coefficient (Wildman–Crippen LogP) is 5.67. The summed E-state index contributed by atoms with van der Waals surface area (Å²) in [4.78, 5) is 17.4. The molecule has 2 aliphatic rings. The van der Waals surface area contributed by atoms with Crippen LogP contribution in [0.25, 0.3) is 16.5 Å². The molecule has 2 aromatic carbocycles. The van der Waals surface area contributed by atoms with Gasteiger partial charge < -0.3 is 5.32 Å². The highest BCUT2D eigenvalue weighted by atomic mass is 79.9. The monoisotopic (exact) mass is 404 g/mol. The molecule has 0 radical (unpaired) electrons. The van der Waals surface area contributed by atoms with Gasteiger partial charge in [0.05, 0.1) is 11.6 Å². The van der Waals surface area contributed by atoms with E-state index in [0.717, 1.165) is 50.6 Å². The van der Waals surface area contributed by atoms with Crippen LogP contribution >= 0.6 is 15.9 Å². The minimum atomic E-state index is -0.0903. The van der Waals surface area contributed by atoms with Crippen LogP contribution in [0.1, 0.15) is 36.4 Å². The number of fused-ring (bicyclic) bond motifs is 4. The Bertz CT molecular complexity index is 1070. The Hall–Kier alpha value is -2.46. The van der Waals surface area contributed by atoms with Gasteiger partial charge in [-0.3, -0.25) is 9.78 Å². The quantitative estimate of drug-likeness (QED) is 0.567. The van der Waals surface area contributed by atoms with Crippen molar-refractivity contribution in [3.63, 3.8) is 0 Å². The Morgan fingerprint density at radius 1 is 1.04 bits per heavy atom. The third-order valence-electron chi connectivity index (χ3n) is 5.33. The Balaban J connectivity index is 1.78. The van der Waals surface area contributed by atoms with Crippen molar-refractivity contribution in [2.24, 2.45) is 0 Å². The van der Waals surface area contributed by atoms with Crippen molar-refractivity contribution in [2.45, 2.75) is 25.3 Å². The Morgan fingerprint density at radius 2 is 1.88 bits per heavy atom. The number of hydrogen-bond donors (Lipinski definition) is 1. The van der Waals surface area contributed by atoms with Crippen molar-refractivity contribution in [1.82, 2.24) is 4.98 Å². The van der Waals surface area contributed by atoms with E-state index in [1.165, 1.54) is 5.57 Å². The number of Topliss-reactive ketones (excluding diaryl/α,β-unsaturated/α-hetero) is 1. The highest BCUT2D eigenvalue weighted by Gasteiger charge is 2.34. The molecule has 0 unspecified atom stereocenters. The highest BCUT2D eigenvalue weighted by molar-refractivity contribution is 9.10. The van der Waals surface area contributed by atoms with Crippen molar-refractivity contribution in [2.75, 3.05) is 5.32 Å². The third-order valence-corrected chi connectivity index (χ3v) is 5.86. The molecular formula is C22H17BrN2O. The number of nitrogens with one attached hydrogen (secondary N) is 1. The van der Waals surface area contributed by atoms with E-state index in [-0.39, 0.29) is 11.8 Å². The molecule has 0 saturated heterocycles.